The molecule has 0 bridgehead atoms. The van der Waals surface area contributed by atoms with Crippen LogP contribution in [-0.2, 0) is 11.2 Å². The van der Waals surface area contributed by atoms with Gasteiger partial charge in [0.15, 0.2) is 5.96 Å². The van der Waals surface area contributed by atoms with Crippen LogP contribution in [0, 0.1) is 12.3 Å². The number of carbonyl (C=O) groups is 1. The van der Waals surface area contributed by atoms with Crippen LogP contribution in [0.25, 0.3) is 22.2 Å². The average molecular weight is 346 g/mol. The molecule has 3 aromatic rings. The molecule has 0 fully saturated rings. The van der Waals surface area contributed by atoms with Crippen LogP contribution in [-0.4, -0.2) is 17.4 Å². The van der Waals surface area contributed by atoms with Crippen LogP contribution >= 0.6 is 0 Å². The number of aromatic nitrogens is 1. The third-order valence-electron chi connectivity index (χ3n) is 4.35. The average Bonchev–Trinajstić information content (AvgIpc) is 2.64. The molecule has 2 aromatic carbocycles. The van der Waals surface area contributed by atoms with Crippen LogP contribution in [0.2, 0.25) is 0 Å². The van der Waals surface area contributed by atoms with E-state index in [2.05, 4.69) is 36.6 Å². The lowest BCUT2D eigenvalue weighted by Crippen LogP contribution is -2.28. The maximum absolute atomic E-state index is 10.7. The molecule has 0 aliphatic carbocycles. The predicted molar refractivity (Wildman–Crippen MR) is 106 cm³/mol. The number of guanidine groups is 1. The Hall–Kier alpha value is -3.21. The Morgan fingerprint density at radius 2 is 1.88 bits per heavy atom. The van der Waals surface area contributed by atoms with E-state index in [1.807, 2.05) is 36.4 Å². The minimum absolute atomic E-state index is 0.0514. The lowest BCUT2D eigenvalue weighted by Gasteiger charge is -2.19. The molecule has 0 radical (unpaired) electrons. The molecule has 0 saturated carbocycles. The fraction of sp³-hybridized carbons (Fsp3) is 0.190. The van der Waals surface area contributed by atoms with E-state index >= 15 is 0 Å². The molecule has 0 spiro atoms. The van der Waals surface area contributed by atoms with Crippen molar-refractivity contribution >= 4 is 29.0 Å². The standard InChI is InChI=1S/C21H22N4O/c1-3-8-17-19(15-10-5-4-9-14(15)2)24-18-12-7-6-11-16(18)20(17)25-21(22)23-13-26/h4-7,9-13H,3,8H2,1-2H3,(H3,22,23,24,25,26). The first-order valence-electron chi connectivity index (χ1n) is 8.69. The van der Waals surface area contributed by atoms with Crippen LogP contribution in [0.3, 0.4) is 0 Å². The van der Waals surface area contributed by atoms with E-state index in [-0.39, 0.29) is 5.96 Å². The molecule has 1 amide bonds. The third kappa shape index (κ3) is 3.42. The monoisotopic (exact) mass is 346 g/mol. The molecule has 3 rings (SSSR count). The highest BCUT2D eigenvalue weighted by atomic mass is 16.1. The van der Waals surface area contributed by atoms with Crippen molar-refractivity contribution < 1.29 is 4.79 Å². The summed E-state index contributed by atoms with van der Waals surface area (Å²) in [6, 6.07) is 16.0. The number of nitrogens with one attached hydrogen (secondary N) is 3. The number of hydrogen-bond donors (Lipinski definition) is 3. The normalized spacial score (nSPS) is 10.5. The molecular weight excluding hydrogens is 324 g/mol. The summed E-state index contributed by atoms with van der Waals surface area (Å²) in [4.78, 5) is 15.6. The molecule has 0 atom stereocenters. The Balaban J connectivity index is 2.30. The first-order chi connectivity index (χ1) is 12.7. The molecule has 1 heterocycles. The zero-order valence-corrected chi connectivity index (χ0v) is 15.0. The van der Waals surface area contributed by atoms with Gasteiger partial charge in [0.1, 0.15) is 0 Å². The van der Waals surface area contributed by atoms with Crippen LogP contribution in [0.1, 0.15) is 24.5 Å². The fourth-order valence-electron chi connectivity index (χ4n) is 3.17. The minimum Gasteiger partial charge on any atom is -0.325 e. The lowest BCUT2D eigenvalue weighted by atomic mass is 9.95. The molecule has 5 nitrogen and oxygen atoms in total. The second kappa shape index (κ2) is 7.78. The maximum atomic E-state index is 10.7. The quantitative estimate of drug-likeness (QED) is 0.367. The molecule has 0 saturated heterocycles. The summed E-state index contributed by atoms with van der Waals surface area (Å²) >= 11 is 0. The zero-order chi connectivity index (χ0) is 18.5. The van der Waals surface area contributed by atoms with Crippen molar-refractivity contribution in [2.45, 2.75) is 26.7 Å². The molecular formula is C21H22N4O. The zero-order valence-electron chi connectivity index (χ0n) is 15.0. The maximum Gasteiger partial charge on any atom is 0.213 e. The molecule has 1 aromatic heterocycles. The van der Waals surface area contributed by atoms with Gasteiger partial charge < -0.3 is 5.32 Å². The first-order valence-corrected chi connectivity index (χ1v) is 8.69. The first kappa shape index (κ1) is 17.6. The van der Waals surface area contributed by atoms with E-state index in [4.69, 9.17) is 10.4 Å². The van der Waals surface area contributed by atoms with Gasteiger partial charge in [-0.25, -0.2) is 4.98 Å². The van der Waals surface area contributed by atoms with E-state index < -0.39 is 0 Å². The van der Waals surface area contributed by atoms with E-state index in [1.165, 1.54) is 0 Å². The Labute approximate surface area is 153 Å². The summed E-state index contributed by atoms with van der Waals surface area (Å²) in [6.45, 7) is 4.20. The van der Waals surface area contributed by atoms with Crippen molar-refractivity contribution in [3.63, 3.8) is 0 Å². The second-order valence-electron chi connectivity index (χ2n) is 6.16. The Bertz CT molecular complexity index is 965. The van der Waals surface area contributed by atoms with Crippen molar-refractivity contribution in [1.29, 1.82) is 5.41 Å². The molecule has 5 heteroatoms. The van der Waals surface area contributed by atoms with Gasteiger partial charge in [0.05, 0.1) is 16.9 Å². The largest absolute Gasteiger partial charge is 0.325 e. The number of fused-ring (bicyclic) bond motifs is 1. The Morgan fingerprint density at radius 3 is 2.62 bits per heavy atom. The summed E-state index contributed by atoms with van der Waals surface area (Å²) in [6.07, 6.45) is 2.26. The van der Waals surface area contributed by atoms with Crippen molar-refractivity contribution in [2.75, 3.05) is 5.32 Å². The van der Waals surface area contributed by atoms with Crippen LogP contribution in [0.4, 0.5) is 5.69 Å². The third-order valence-corrected chi connectivity index (χ3v) is 4.35. The summed E-state index contributed by atoms with van der Waals surface area (Å²) in [5.41, 5.74) is 5.89. The van der Waals surface area contributed by atoms with Gasteiger partial charge in [-0.2, -0.15) is 0 Å². The van der Waals surface area contributed by atoms with Crippen molar-refractivity contribution in [2.24, 2.45) is 0 Å². The number of amides is 1. The Kier molecular flexibility index (Phi) is 5.27. The lowest BCUT2D eigenvalue weighted by molar-refractivity contribution is -0.108. The smallest absolute Gasteiger partial charge is 0.213 e. The number of rotatable bonds is 5. The van der Waals surface area contributed by atoms with Gasteiger partial charge in [-0.05, 0) is 25.0 Å². The minimum atomic E-state index is -0.0514. The summed E-state index contributed by atoms with van der Waals surface area (Å²) in [5, 5.41) is 14.3. The summed E-state index contributed by atoms with van der Waals surface area (Å²) < 4.78 is 0. The fourth-order valence-corrected chi connectivity index (χ4v) is 3.17. The van der Waals surface area contributed by atoms with Crippen LogP contribution in [0.5, 0.6) is 0 Å². The highest BCUT2D eigenvalue weighted by Crippen LogP contribution is 2.36. The van der Waals surface area contributed by atoms with E-state index in [0.29, 0.717) is 6.41 Å². The predicted octanol–water partition coefficient (Wildman–Crippen LogP) is 4.26. The Morgan fingerprint density at radius 1 is 1.15 bits per heavy atom. The van der Waals surface area contributed by atoms with Gasteiger partial charge in [0, 0.05) is 16.5 Å². The van der Waals surface area contributed by atoms with E-state index in [9.17, 15) is 4.79 Å². The topological polar surface area (TPSA) is 77.9 Å². The summed E-state index contributed by atoms with van der Waals surface area (Å²) in [5.74, 6) is -0.0514. The number of hydrogen-bond acceptors (Lipinski definition) is 3. The van der Waals surface area contributed by atoms with Gasteiger partial charge >= 0.3 is 0 Å². The molecule has 0 aliphatic rings. The number of nitrogens with zero attached hydrogens (tertiary/aromatic N) is 1. The molecule has 132 valence electrons. The van der Waals surface area contributed by atoms with Gasteiger partial charge in [-0.3, -0.25) is 15.5 Å². The van der Waals surface area contributed by atoms with Crippen LogP contribution < -0.4 is 10.6 Å². The van der Waals surface area contributed by atoms with Gasteiger partial charge in [0.25, 0.3) is 0 Å². The number of aryl methyl sites for hydroxylation is 1. The van der Waals surface area contributed by atoms with Gasteiger partial charge in [-0.1, -0.05) is 55.8 Å². The second-order valence-corrected chi connectivity index (χ2v) is 6.16. The van der Waals surface area contributed by atoms with Gasteiger partial charge in [0.2, 0.25) is 6.41 Å². The van der Waals surface area contributed by atoms with Crippen LogP contribution in [0.15, 0.2) is 48.5 Å². The van der Waals surface area contributed by atoms with Gasteiger partial charge in [-0.15, -0.1) is 0 Å². The molecule has 3 N–H and O–H groups in total. The molecule has 26 heavy (non-hydrogen) atoms. The van der Waals surface area contributed by atoms with Crippen molar-refractivity contribution in [1.82, 2.24) is 10.3 Å². The number of pyridine rings is 1. The number of benzene rings is 2. The SMILES string of the molecule is CCCc1c(-c2ccccc2C)nc2ccccc2c1NC(=N)NC=O. The van der Waals surface area contributed by atoms with E-state index in [0.717, 1.165) is 51.8 Å². The van der Waals surface area contributed by atoms with Crippen molar-refractivity contribution in [3.05, 3.63) is 59.7 Å². The highest BCUT2D eigenvalue weighted by molar-refractivity contribution is 6.06. The number of para-hydroxylation sites is 1. The molecule has 0 unspecified atom stereocenters. The van der Waals surface area contributed by atoms with E-state index in [1.54, 1.807) is 0 Å². The summed E-state index contributed by atoms with van der Waals surface area (Å²) in [7, 11) is 0. The number of carbonyl (C=O) groups excluding carboxylic acids is 1. The number of anilines is 1. The van der Waals surface area contributed by atoms with Crippen molar-refractivity contribution in [3.8, 4) is 11.3 Å². The highest BCUT2D eigenvalue weighted by Gasteiger charge is 2.17. The molecule has 0 aliphatic heterocycles.